The van der Waals surface area contributed by atoms with E-state index in [9.17, 15) is 18.0 Å². The Balaban J connectivity index is 2.13. The molecule has 0 aliphatic heterocycles. The Morgan fingerprint density at radius 3 is 1.96 bits per heavy atom. The van der Waals surface area contributed by atoms with Gasteiger partial charge in [0.2, 0.25) is 15.9 Å². The fourth-order valence-electron chi connectivity index (χ4n) is 2.09. The number of anilines is 1. The predicted octanol–water partition coefficient (Wildman–Crippen LogP) is 1.76. The number of amides is 1. The summed E-state index contributed by atoms with van der Waals surface area (Å²) in [4.78, 5) is 22.1. The van der Waals surface area contributed by atoms with Gasteiger partial charge in [-0.1, -0.05) is 24.3 Å². The van der Waals surface area contributed by atoms with E-state index in [0.29, 0.717) is 5.69 Å². The van der Waals surface area contributed by atoms with Crippen molar-refractivity contribution >= 4 is 27.6 Å². The molecule has 2 aromatic rings. The summed E-state index contributed by atoms with van der Waals surface area (Å²) in [5.41, 5.74) is 2.38. The highest BCUT2D eigenvalue weighted by Gasteiger charge is 2.15. The number of benzene rings is 2. The standard InChI is InChI=1S/C17H18N2O5S/c1-12(20)19-15-7-3-13(4-8-15)14-5-9-16(10-6-14)25(22,23)18-11-17(21)24-2/h3-10,18H,11H2,1-2H3,(H,19,20). The number of ether oxygens (including phenoxy) is 1. The van der Waals surface area contributed by atoms with Crippen molar-refractivity contribution in [2.75, 3.05) is 19.0 Å². The van der Waals surface area contributed by atoms with Crippen LogP contribution < -0.4 is 10.0 Å². The first-order valence-electron chi connectivity index (χ1n) is 7.36. The van der Waals surface area contributed by atoms with E-state index < -0.39 is 22.5 Å². The summed E-state index contributed by atoms with van der Waals surface area (Å²) in [7, 11) is -2.60. The number of methoxy groups -OCH3 is 1. The third kappa shape index (κ3) is 5.13. The lowest BCUT2D eigenvalue weighted by Crippen LogP contribution is -2.30. The van der Waals surface area contributed by atoms with Crippen molar-refractivity contribution in [1.82, 2.24) is 4.72 Å². The number of carbonyl (C=O) groups excluding carboxylic acids is 2. The molecule has 0 aromatic heterocycles. The molecule has 0 spiro atoms. The maximum absolute atomic E-state index is 12.1. The van der Waals surface area contributed by atoms with Crippen LogP contribution >= 0.6 is 0 Å². The van der Waals surface area contributed by atoms with Gasteiger partial charge in [-0.05, 0) is 35.4 Å². The normalized spacial score (nSPS) is 11.0. The molecule has 0 unspecified atom stereocenters. The van der Waals surface area contributed by atoms with Crippen LogP contribution in [0.25, 0.3) is 11.1 Å². The number of rotatable bonds is 6. The molecule has 2 rings (SSSR count). The number of hydrogen-bond donors (Lipinski definition) is 2. The van der Waals surface area contributed by atoms with Crippen LogP contribution in [-0.2, 0) is 24.3 Å². The van der Waals surface area contributed by atoms with Gasteiger partial charge in [0.05, 0.1) is 12.0 Å². The molecular weight excluding hydrogens is 344 g/mol. The average molecular weight is 362 g/mol. The lowest BCUT2D eigenvalue weighted by Gasteiger charge is -2.08. The highest BCUT2D eigenvalue weighted by molar-refractivity contribution is 7.89. The number of hydrogen-bond acceptors (Lipinski definition) is 5. The zero-order chi connectivity index (χ0) is 18.4. The third-order valence-corrected chi connectivity index (χ3v) is 4.75. The van der Waals surface area contributed by atoms with Crippen LogP contribution in [0.1, 0.15) is 6.92 Å². The molecule has 0 aliphatic rings. The van der Waals surface area contributed by atoms with E-state index in [2.05, 4.69) is 14.8 Å². The highest BCUT2D eigenvalue weighted by atomic mass is 32.2. The maximum Gasteiger partial charge on any atom is 0.320 e. The molecule has 0 bridgehead atoms. The zero-order valence-electron chi connectivity index (χ0n) is 13.8. The molecule has 25 heavy (non-hydrogen) atoms. The predicted molar refractivity (Wildman–Crippen MR) is 93.4 cm³/mol. The Bertz CT molecular complexity index is 859. The molecular formula is C17H18N2O5S. The minimum atomic E-state index is -3.78. The lowest BCUT2D eigenvalue weighted by molar-refractivity contribution is -0.139. The Morgan fingerprint density at radius 1 is 0.960 bits per heavy atom. The fraction of sp³-hybridized carbons (Fsp3) is 0.176. The van der Waals surface area contributed by atoms with Crippen molar-refractivity contribution in [3.63, 3.8) is 0 Å². The summed E-state index contributed by atoms with van der Waals surface area (Å²) in [6, 6.07) is 13.4. The molecule has 8 heteroatoms. The second kappa shape index (κ2) is 7.91. The summed E-state index contributed by atoms with van der Waals surface area (Å²) >= 11 is 0. The van der Waals surface area contributed by atoms with E-state index in [-0.39, 0.29) is 10.8 Å². The van der Waals surface area contributed by atoms with Gasteiger partial charge in [-0.25, -0.2) is 8.42 Å². The lowest BCUT2D eigenvalue weighted by atomic mass is 10.1. The van der Waals surface area contributed by atoms with E-state index >= 15 is 0 Å². The topological polar surface area (TPSA) is 102 Å². The van der Waals surface area contributed by atoms with E-state index in [4.69, 9.17) is 0 Å². The summed E-state index contributed by atoms with van der Waals surface area (Å²) < 4.78 is 30.7. The van der Waals surface area contributed by atoms with Gasteiger partial charge < -0.3 is 10.1 Å². The van der Waals surface area contributed by atoms with Crippen LogP contribution in [0.15, 0.2) is 53.4 Å². The van der Waals surface area contributed by atoms with Crippen LogP contribution in [-0.4, -0.2) is 33.9 Å². The molecule has 0 heterocycles. The Hall–Kier alpha value is -2.71. The van der Waals surface area contributed by atoms with Crippen LogP contribution in [0.4, 0.5) is 5.69 Å². The van der Waals surface area contributed by atoms with Crippen LogP contribution in [0, 0.1) is 0 Å². The molecule has 0 saturated carbocycles. The van der Waals surface area contributed by atoms with Crippen LogP contribution in [0.2, 0.25) is 0 Å². The molecule has 1 amide bonds. The Kier molecular flexibility index (Phi) is 5.89. The van der Waals surface area contributed by atoms with Crippen molar-refractivity contribution < 1.29 is 22.7 Å². The van der Waals surface area contributed by atoms with Gasteiger partial charge >= 0.3 is 5.97 Å². The van der Waals surface area contributed by atoms with Crippen molar-refractivity contribution in [3.8, 4) is 11.1 Å². The quantitative estimate of drug-likeness (QED) is 0.763. The molecule has 0 atom stereocenters. The Labute approximate surface area is 146 Å². The van der Waals surface area contributed by atoms with Crippen LogP contribution in [0.5, 0.6) is 0 Å². The number of carbonyl (C=O) groups is 2. The van der Waals surface area contributed by atoms with Crippen molar-refractivity contribution in [3.05, 3.63) is 48.5 Å². The summed E-state index contributed by atoms with van der Waals surface area (Å²) in [5.74, 6) is -0.818. The SMILES string of the molecule is COC(=O)CNS(=O)(=O)c1ccc(-c2ccc(NC(C)=O)cc2)cc1. The van der Waals surface area contributed by atoms with Gasteiger partial charge in [0.25, 0.3) is 0 Å². The monoisotopic (exact) mass is 362 g/mol. The van der Waals surface area contributed by atoms with Crippen molar-refractivity contribution in [1.29, 1.82) is 0 Å². The maximum atomic E-state index is 12.1. The molecule has 0 radical (unpaired) electrons. The highest BCUT2D eigenvalue weighted by Crippen LogP contribution is 2.23. The smallest absolute Gasteiger partial charge is 0.320 e. The number of esters is 1. The first-order valence-corrected chi connectivity index (χ1v) is 8.85. The van der Waals surface area contributed by atoms with Crippen LogP contribution in [0.3, 0.4) is 0 Å². The van der Waals surface area contributed by atoms with Gasteiger partial charge in [0.1, 0.15) is 6.54 Å². The van der Waals surface area contributed by atoms with E-state index in [0.717, 1.165) is 11.1 Å². The van der Waals surface area contributed by atoms with E-state index in [1.54, 1.807) is 24.3 Å². The van der Waals surface area contributed by atoms with Gasteiger partial charge in [0.15, 0.2) is 0 Å². The first kappa shape index (κ1) is 18.6. The third-order valence-electron chi connectivity index (χ3n) is 3.34. The second-order valence-electron chi connectivity index (χ2n) is 5.18. The van der Waals surface area contributed by atoms with Crippen molar-refractivity contribution in [2.24, 2.45) is 0 Å². The summed E-state index contributed by atoms with van der Waals surface area (Å²) in [6.45, 7) is 1.01. The Morgan fingerprint density at radius 2 is 1.48 bits per heavy atom. The minimum absolute atomic E-state index is 0.0509. The number of sulfonamides is 1. The van der Waals surface area contributed by atoms with Crippen molar-refractivity contribution in [2.45, 2.75) is 11.8 Å². The van der Waals surface area contributed by atoms with Gasteiger partial charge in [0, 0.05) is 12.6 Å². The van der Waals surface area contributed by atoms with E-state index in [1.807, 2.05) is 12.1 Å². The van der Waals surface area contributed by atoms with Gasteiger partial charge in [-0.15, -0.1) is 0 Å². The molecule has 0 fully saturated rings. The first-order chi connectivity index (χ1) is 11.8. The summed E-state index contributed by atoms with van der Waals surface area (Å²) in [6.07, 6.45) is 0. The fourth-order valence-corrected chi connectivity index (χ4v) is 3.05. The van der Waals surface area contributed by atoms with Gasteiger partial charge in [-0.3, -0.25) is 9.59 Å². The van der Waals surface area contributed by atoms with Gasteiger partial charge in [-0.2, -0.15) is 4.72 Å². The average Bonchev–Trinajstić information content (AvgIpc) is 2.60. The molecule has 2 aromatic carbocycles. The molecule has 132 valence electrons. The molecule has 2 N–H and O–H groups in total. The minimum Gasteiger partial charge on any atom is -0.468 e. The summed E-state index contributed by atoms with van der Waals surface area (Å²) in [5, 5.41) is 2.68. The molecule has 0 saturated heterocycles. The second-order valence-corrected chi connectivity index (χ2v) is 6.95. The molecule has 7 nitrogen and oxygen atoms in total. The largest absolute Gasteiger partial charge is 0.468 e. The molecule has 0 aliphatic carbocycles. The number of nitrogens with one attached hydrogen (secondary N) is 2. The zero-order valence-corrected chi connectivity index (χ0v) is 14.6. The van der Waals surface area contributed by atoms with E-state index in [1.165, 1.54) is 26.2 Å².